The van der Waals surface area contributed by atoms with E-state index >= 15 is 0 Å². The SMILES string of the molecule is CC1CN(C)C(C)CC1NC1CCCC1C#N. The van der Waals surface area contributed by atoms with Gasteiger partial charge in [0.2, 0.25) is 0 Å². The molecule has 1 N–H and O–H groups in total. The first-order valence-electron chi connectivity index (χ1n) is 6.97. The molecule has 0 aromatic rings. The Hall–Kier alpha value is -0.590. The van der Waals surface area contributed by atoms with Gasteiger partial charge in [-0.3, -0.25) is 0 Å². The van der Waals surface area contributed by atoms with Crippen LogP contribution in [0.2, 0.25) is 0 Å². The zero-order chi connectivity index (χ0) is 12.4. The minimum Gasteiger partial charge on any atom is -0.310 e. The normalized spacial score (nSPS) is 43.5. The number of likely N-dealkylation sites (tertiary alicyclic amines) is 1. The Morgan fingerprint density at radius 1 is 1.24 bits per heavy atom. The summed E-state index contributed by atoms with van der Waals surface area (Å²) in [5.41, 5.74) is 0. The predicted octanol–water partition coefficient (Wildman–Crippen LogP) is 2.00. The van der Waals surface area contributed by atoms with Crippen LogP contribution in [0.4, 0.5) is 0 Å². The number of nitrogens with zero attached hydrogens (tertiary/aromatic N) is 2. The predicted molar refractivity (Wildman–Crippen MR) is 69.5 cm³/mol. The summed E-state index contributed by atoms with van der Waals surface area (Å²) in [7, 11) is 2.21. The van der Waals surface area contributed by atoms with Gasteiger partial charge in [0, 0.05) is 24.7 Å². The molecule has 1 aliphatic heterocycles. The highest BCUT2D eigenvalue weighted by Gasteiger charge is 2.34. The van der Waals surface area contributed by atoms with Gasteiger partial charge in [0.05, 0.1) is 12.0 Å². The van der Waals surface area contributed by atoms with Gasteiger partial charge in [0.15, 0.2) is 0 Å². The molecule has 1 heterocycles. The first-order valence-corrected chi connectivity index (χ1v) is 6.97. The number of hydrogen-bond acceptors (Lipinski definition) is 3. The number of hydrogen-bond donors (Lipinski definition) is 1. The van der Waals surface area contributed by atoms with Crippen LogP contribution in [0.5, 0.6) is 0 Å². The molecular weight excluding hydrogens is 210 g/mol. The van der Waals surface area contributed by atoms with Crippen molar-refractivity contribution < 1.29 is 0 Å². The average molecular weight is 235 g/mol. The molecule has 0 amide bonds. The molecule has 0 bridgehead atoms. The molecule has 17 heavy (non-hydrogen) atoms. The molecule has 0 aromatic carbocycles. The van der Waals surface area contributed by atoms with E-state index in [4.69, 9.17) is 5.26 Å². The van der Waals surface area contributed by atoms with Gasteiger partial charge in [0.1, 0.15) is 0 Å². The highest BCUT2D eigenvalue weighted by molar-refractivity contribution is 4.99. The van der Waals surface area contributed by atoms with E-state index in [2.05, 4.69) is 37.2 Å². The fourth-order valence-corrected chi connectivity index (χ4v) is 3.36. The van der Waals surface area contributed by atoms with Gasteiger partial charge >= 0.3 is 0 Å². The second-order valence-corrected chi connectivity index (χ2v) is 6.05. The third-order valence-electron chi connectivity index (χ3n) is 4.72. The first-order chi connectivity index (χ1) is 8.11. The Morgan fingerprint density at radius 3 is 2.71 bits per heavy atom. The number of nitrogens with one attached hydrogen (secondary N) is 1. The van der Waals surface area contributed by atoms with Crippen LogP contribution in [0.3, 0.4) is 0 Å². The van der Waals surface area contributed by atoms with E-state index in [0.29, 0.717) is 24.0 Å². The van der Waals surface area contributed by atoms with Crippen molar-refractivity contribution in [1.29, 1.82) is 5.26 Å². The molecule has 0 spiro atoms. The van der Waals surface area contributed by atoms with Crippen LogP contribution < -0.4 is 5.32 Å². The molecule has 2 aliphatic rings. The Morgan fingerprint density at radius 2 is 2.00 bits per heavy atom. The molecule has 2 rings (SSSR count). The summed E-state index contributed by atoms with van der Waals surface area (Å²) in [5.74, 6) is 0.938. The van der Waals surface area contributed by atoms with Gasteiger partial charge in [-0.25, -0.2) is 0 Å². The van der Waals surface area contributed by atoms with Crippen LogP contribution in [0.1, 0.15) is 39.5 Å². The molecule has 96 valence electrons. The molecule has 1 saturated carbocycles. The van der Waals surface area contributed by atoms with Crippen LogP contribution in [0.15, 0.2) is 0 Å². The van der Waals surface area contributed by atoms with E-state index in [0.717, 1.165) is 6.42 Å². The summed E-state index contributed by atoms with van der Waals surface area (Å²) in [6.07, 6.45) is 4.70. The summed E-state index contributed by atoms with van der Waals surface area (Å²) in [4.78, 5) is 2.44. The number of nitriles is 1. The van der Waals surface area contributed by atoms with Gasteiger partial charge < -0.3 is 10.2 Å². The van der Waals surface area contributed by atoms with E-state index in [9.17, 15) is 0 Å². The average Bonchev–Trinajstić information content (AvgIpc) is 2.73. The first kappa shape index (κ1) is 12.9. The van der Waals surface area contributed by atoms with Crippen molar-refractivity contribution in [2.45, 2.75) is 57.7 Å². The smallest absolute Gasteiger partial charge is 0.0672 e. The molecule has 2 fully saturated rings. The monoisotopic (exact) mass is 235 g/mol. The van der Waals surface area contributed by atoms with Crippen molar-refractivity contribution >= 4 is 0 Å². The number of piperidine rings is 1. The van der Waals surface area contributed by atoms with E-state index in [1.54, 1.807) is 0 Å². The van der Waals surface area contributed by atoms with Crippen LogP contribution in [-0.4, -0.2) is 36.6 Å². The minimum atomic E-state index is 0.247. The molecule has 5 atom stereocenters. The molecule has 3 nitrogen and oxygen atoms in total. The van der Waals surface area contributed by atoms with E-state index < -0.39 is 0 Å². The van der Waals surface area contributed by atoms with Crippen LogP contribution in [0.25, 0.3) is 0 Å². The zero-order valence-corrected chi connectivity index (χ0v) is 11.3. The Balaban J connectivity index is 1.92. The summed E-state index contributed by atoms with van der Waals surface area (Å²) in [6, 6.07) is 4.17. The van der Waals surface area contributed by atoms with Crippen molar-refractivity contribution in [1.82, 2.24) is 10.2 Å². The largest absolute Gasteiger partial charge is 0.310 e. The molecule has 0 aromatic heterocycles. The van der Waals surface area contributed by atoms with E-state index in [1.807, 2.05) is 0 Å². The highest BCUT2D eigenvalue weighted by Crippen LogP contribution is 2.28. The topological polar surface area (TPSA) is 39.1 Å². The second kappa shape index (κ2) is 5.37. The molecule has 0 radical (unpaired) electrons. The second-order valence-electron chi connectivity index (χ2n) is 6.05. The van der Waals surface area contributed by atoms with Gasteiger partial charge in [-0.05, 0) is 39.2 Å². The van der Waals surface area contributed by atoms with Crippen molar-refractivity contribution in [2.24, 2.45) is 11.8 Å². The number of rotatable bonds is 2. The van der Waals surface area contributed by atoms with Crippen LogP contribution >= 0.6 is 0 Å². The summed E-state index contributed by atoms with van der Waals surface area (Å²) < 4.78 is 0. The van der Waals surface area contributed by atoms with Gasteiger partial charge in [-0.15, -0.1) is 0 Å². The maximum Gasteiger partial charge on any atom is 0.0672 e. The quantitative estimate of drug-likeness (QED) is 0.795. The molecule has 1 saturated heterocycles. The summed E-state index contributed by atoms with van der Waals surface area (Å²) >= 11 is 0. The molecule has 5 unspecified atom stereocenters. The maximum absolute atomic E-state index is 9.13. The maximum atomic E-state index is 9.13. The van der Waals surface area contributed by atoms with Crippen LogP contribution in [0, 0.1) is 23.2 Å². The fourth-order valence-electron chi connectivity index (χ4n) is 3.36. The zero-order valence-electron chi connectivity index (χ0n) is 11.3. The Labute approximate surface area is 105 Å². The lowest BCUT2D eigenvalue weighted by atomic mass is 9.88. The highest BCUT2D eigenvalue weighted by atomic mass is 15.2. The Kier molecular flexibility index (Phi) is 4.06. The lowest BCUT2D eigenvalue weighted by molar-refractivity contribution is 0.114. The molecular formula is C14H25N3. The Bertz CT molecular complexity index is 296. The van der Waals surface area contributed by atoms with E-state index in [1.165, 1.54) is 25.8 Å². The van der Waals surface area contributed by atoms with Crippen LogP contribution in [-0.2, 0) is 0 Å². The molecule has 1 aliphatic carbocycles. The standard InChI is InChI=1S/C14H25N3/c1-10-9-17(3)11(2)7-14(10)16-13-6-4-5-12(13)8-15/h10-14,16H,4-7,9H2,1-3H3. The third kappa shape index (κ3) is 2.81. The summed E-state index contributed by atoms with van der Waals surface area (Å²) in [5, 5.41) is 12.9. The summed E-state index contributed by atoms with van der Waals surface area (Å²) in [6.45, 7) is 5.80. The minimum absolute atomic E-state index is 0.247. The van der Waals surface area contributed by atoms with E-state index in [-0.39, 0.29) is 5.92 Å². The van der Waals surface area contributed by atoms with Gasteiger partial charge in [-0.1, -0.05) is 13.3 Å². The lowest BCUT2D eigenvalue weighted by Gasteiger charge is -2.41. The van der Waals surface area contributed by atoms with Gasteiger partial charge in [0.25, 0.3) is 0 Å². The van der Waals surface area contributed by atoms with Crippen molar-refractivity contribution in [3.63, 3.8) is 0 Å². The van der Waals surface area contributed by atoms with Crippen molar-refractivity contribution in [2.75, 3.05) is 13.6 Å². The van der Waals surface area contributed by atoms with Gasteiger partial charge in [-0.2, -0.15) is 5.26 Å². The lowest BCUT2D eigenvalue weighted by Crippen LogP contribution is -2.53. The fraction of sp³-hybridized carbons (Fsp3) is 0.929. The van der Waals surface area contributed by atoms with Crippen molar-refractivity contribution in [3.8, 4) is 6.07 Å². The third-order valence-corrected chi connectivity index (χ3v) is 4.72. The van der Waals surface area contributed by atoms with Crippen molar-refractivity contribution in [3.05, 3.63) is 0 Å². The molecule has 3 heteroatoms.